The lowest BCUT2D eigenvalue weighted by Gasteiger charge is -2.31. The standard InChI is InChI=1S/C15H23Cl2N/c1-10(15(2,3)4)9-13(18-5)11-7-6-8-12(16)14(11)17/h6-8,10,13,18H,9H2,1-5H3. The Kier molecular flexibility index (Phi) is 5.51. The van der Waals surface area contributed by atoms with Crippen molar-refractivity contribution in [1.29, 1.82) is 0 Å². The molecule has 0 saturated carbocycles. The number of halogens is 2. The zero-order valence-corrected chi connectivity index (χ0v) is 13.4. The predicted octanol–water partition coefficient (Wildman–Crippen LogP) is 5.33. The Bertz CT molecular complexity index is 396. The van der Waals surface area contributed by atoms with Gasteiger partial charge in [-0.05, 0) is 36.4 Å². The van der Waals surface area contributed by atoms with Crippen molar-refractivity contribution in [3.63, 3.8) is 0 Å². The molecule has 0 bridgehead atoms. The van der Waals surface area contributed by atoms with E-state index >= 15 is 0 Å². The van der Waals surface area contributed by atoms with Gasteiger partial charge in [0, 0.05) is 6.04 Å². The van der Waals surface area contributed by atoms with E-state index in [2.05, 4.69) is 33.0 Å². The van der Waals surface area contributed by atoms with Crippen LogP contribution < -0.4 is 5.32 Å². The molecule has 0 aliphatic heterocycles. The van der Waals surface area contributed by atoms with Crippen LogP contribution in [-0.2, 0) is 0 Å². The van der Waals surface area contributed by atoms with E-state index in [1.54, 1.807) is 0 Å². The second-order valence-corrected chi connectivity index (χ2v) is 6.77. The van der Waals surface area contributed by atoms with E-state index in [1.165, 1.54) is 0 Å². The smallest absolute Gasteiger partial charge is 0.0640 e. The average molecular weight is 288 g/mol. The second-order valence-electron chi connectivity index (χ2n) is 5.99. The van der Waals surface area contributed by atoms with Gasteiger partial charge in [-0.1, -0.05) is 63.0 Å². The Morgan fingerprint density at radius 3 is 2.33 bits per heavy atom. The lowest BCUT2D eigenvalue weighted by atomic mass is 9.77. The normalized spacial score (nSPS) is 15.5. The van der Waals surface area contributed by atoms with E-state index in [-0.39, 0.29) is 6.04 Å². The van der Waals surface area contributed by atoms with Crippen molar-refractivity contribution in [2.75, 3.05) is 7.05 Å². The lowest BCUT2D eigenvalue weighted by molar-refractivity contribution is 0.226. The first-order valence-electron chi connectivity index (χ1n) is 6.38. The molecule has 0 amide bonds. The van der Waals surface area contributed by atoms with E-state index in [1.807, 2.05) is 25.2 Å². The first-order chi connectivity index (χ1) is 8.27. The summed E-state index contributed by atoms with van der Waals surface area (Å²) in [6.07, 6.45) is 1.04. The van der Waals surface area contributed by atoms with Crippen molar-refractivity contribution in [3.8, 4) is 0 Å². The van der Waals surface area contributed by atoms with Crippen LogP contribution in [0.25, 0.3) is 0 Å². The van der Waals surface area contributed by atoms with Crippen molar-refractivity contribution in [1.82, 2.24) is 5.32 Å². The maximum atomic E-state index is 6.29. The van der Waals surface area contributed by atoms with Gasteiger partial charge in [-0.15, -0.1) is 0 Å². The zero-order chi connectivity index (χ0) is 13.9. The molecule has 0 radical (unpaired) electrons. The summed E-state index contributed by atoms with van der Waals surface area (Å²) in [5, 5.41) is 4.64. The third-order valence-corrected chi connectivity index (χ3v) is 4.61. The summed E-state index contributed by atoms with van der Waals surface area (Å²) in [5.41, 5.74) is 1.38. The fourth-order valence-electron chi connectivity index (χ4n) is 1.90. The molecule has 2 unspecified atom stereocenters. The van der Waals surface area contributed by atoms with Gasteiger partial charge in [-0.25, -0.2) is 0 Å². The molecule has 0 heterocycles. The highest BCUT2D eigenvalue weighted by molar-refractivity contribution is 6.42. The minimum absolute atomic E-state index is 0.241. The summed E-state index contributed by atoms with van der Waals surface area (Å²) >= 11 is 12.4. The number of benzene rings is 1. The van der Waals surface area contributed by atoms with E-state index < -0.39 is 0 Å². The van der Waals surface area contributed by atoms with E-state index in [0.29, 0.717) is 21.4 Å². The summed E-state index contributed by atoms with van der Waals surface area (Å²) < 4.78 is 0. The molecule has 1 N–H and O–H groups in total. The fourth-order valence-corrected chi connectivity index (χ4v) is 2.34. The quantitative estimate of drug-likeness (QED) is 0.790. The third-order valence-electron chi connectivity index (χ3n) is 3.77. The van der Waals surface area contributed by atoms with Crippen LogP contribution in [0.15, 0.2) is 18.2 Å². The van der Waals surface area contributed by atoms with Crippen LogP contribution in [-0.4, -0.2) is 7.05 Å². The molecule has 0 spiro atoms. The molecule has 0 aromatic heterocycles. The van der Waals surface area contributed by atoms with Crippen LogP contribution in [0.1, 0.15) is 45.7 Å². The lowest BCUT2D eigenvalue weighted by Crippen LogP contribution is -2.25. The summed E-state index contributed by atoms with van der Waals surface area (Å²) in [4.78, 5) is 0. The minimum Gasteiger partial charge on any atom is -0.313 e. The van der Waals surface area contributed by atoms with Crippen molar-refractivity contribution in [3.05, 3.63) is 33.8 Å². The molecule has 1 aromatic carbocycles. The Labute approximate surface area is 121 Å². The predicted molar refractivity (Wildman–Crippen MR) is 81.5 cm³/mol. The Hall–Kier alpha value is -0.240. The molecular formula is C15H23Cl2N. The molecule has 1 rings (SSSR count). The van der Waals surface area contributed by atoms with E-state index in [4.69, 9.17) is 23.2 Å². The van der Waals surface area contributed by atoms with E-state index in [0.717, 1.165) is 12.0 Å². The Morgan fingerprint density at radius 1 is 1.22 bits per heavy atom. The van der Waals surface area contributed by atoms with Gasteiger partial charge in [0.15, 0.2) is 0 Å². The molecule has 0 fully saturated rings. The minimum atomic E-state index is 0.241. The van der Waals surface area contributed by atoms with Crippen LogP contribution in [0.2, 0.25) is 10.0 Å². The highest BCUT2D eigenvalue weighted by Crippen LogP contribution is 2.37. The maximum absolute atomic E-state index is 6.29. The van der Waals surface area contributed by atoms with Gasteiger partial charge in [-0.2, -0.15) is 0 Å². The summed E-state index contributed by atoms with van der Waals surface area (Å²) in [5.74, 6) is 0.588. The van der Waals surface area contributed by atoms with E-state index in [9.17, 15) is 0 Å². The van der Waals surface area contributed by atoms with Crippen LogP contribution >= 0.6 is 23.2 Å². The first-order valence-corrected chi connectivity index (χ1v) is 7.14. The Balaban J connectivity index is 2.94. The molecule has 0 saturated heterocycles. The number of rotatable bonds is 4. The molecular weight excluding hydrogens is 265 g/mol. The zero-order valence-electron chi connectivity index (χ0n) is 11.8. The SMILES string of the molecule is CNC(CC(C)C(C)(C)C)c1cccc(Cl)c1Cl. The van der Waals surface area contributed by atoms with Crippen LogP contribution in [0.3, 0.4) is 0 Å². The molecule has 0 aliphatic carbocycles. The molecule has 102 valence electrons. The molecule has 18 heavy (non-hydrogen) atoms. The monoisotopic (exact) mass is 287 g/mol. The number of hydrogen-bond donors (Lipinski definition) is 1. The van der Waals surface area contributed by atoms with Crippen molar-refractivity contribution < 1.29 is 0 Å². The third kappa shape index (κ3) is 3.88. The first kappa shape index (κ1) is 15.8. The summed E-state index contributed by atoms with van der Waals surface area (Å²) in [7, 11) is 1.97. The molecule has 0 aliphatic rings. The summed E-state index contributed by atoms with van der Waals surface area (Å²) in [6, 6.07) is 6.07. The van der Waals surface area contributed by atoms with Gasteiger partial charge in [0.2, 0.25) is 0 Å². The van der Waals surface area contributed by atoms with Crippen molar-refractivity contribution >= 4 is 23.2 Å². The van der Waals surface area contributed by atoms with Gasteiger partial charge in [0.25, 0.3) is 0 Å². The van der Waals surface area contributed by atoms with Gasteiger partial charge in [0.05, 0.1) is 10.0 Å². The molecule has 2 atom stereocenters. The van der Waals surface area contributed by atoms with Gasteiger partial charge >= 0.3 is 0 Å². The highest BCUT2D eigenvalue weighted by atomic mass is 35.5. The topological polar surface area (TPSA) is 12.0 Å². The second kappa shape index (κ2) is 6.27. The number of hydrogen-bond acceptors (Lipinski definition) is 1. The van der Waals surface area contributed by atoms with Gasteiger partial charge in [0.1, 0.15) is 0 Å². The fraction of sp³-hybridized carbons (Fsp3) is 0.600. The molecule has 1 nitrogen and oxygen atoms in total. The maximum Gasteiger partial charge on any atom is 0.0640 e. The number of nitrogens with one attached hydrogen (secondary N) is 1. The average Bonchev–Trinajstić information content (AvgIpc) is 2.28. The van der Waals surface area contributed by atoms with Gasteiger partial charge in [-0.3, -0.25) is 0 Å². The Morgan fingerprint density at radius 2 is 1.83 bits per heavy atom. The molecule has 3 heteroatoms. The van der Waals surface area contributed by atoms with Crippen molar-refractivity contribution in [2.45, 2.75) is 40.2 Å². The molecule has 1 aromatic rings. The van der Waals surface area contributed by atoms with Crippen LogP contribution in [0.5, 0.6) is 0 Å². The van der Waals surface area contributed by atoms with Gasteiger partial charge < -0.3 is 5.32 Å². The van der Waals surface area contributed by atoms with Crippen LogP contribution in [0.4, 0.5) is 0 Å². The highest BCUT2D eigenvalue weighted by Gasteiger charge is 2.25. The summed E-state index contributed by atoms with van der Waals surface area (Å²) in [6.45, 7) is 9.08. The largest absolute Gasteiger partial charge is 0.313 e. The van der Waals surface area contributed by atoms with Crippen LogP contribution in [0, 0.1) is 11.3 Å². The van der Waals surface area contributed by atoms with Crippen molar-refractivity contribution in [2.24, 2.45) is 11.3 Å².